The van der Waals surface area contributed by atoms with E-state index in [0.717, 1.165) is 6.42 Å². The molecule has 0 spiro atoms. The molecule has 0 fully saturated rings. The fraction of sp³-hybridized carbons (Fsp3) is 0.273. The zero-order chi connectivity index (χ0) is 8.55. The summed E-state index contributed by atoms with van der Waals surface area (Å²) in [5.41, 5.74) is 1.43. The summed E-state index contributed by atoms with van der Waals surface area (Å²) in [6.45, 7) is 4.37. The maximum Gasteiger partial charge on any atom is 0.00927 e. The highest BCUT2D eigenvalue weighted by Gasteiger charge is 1.99. The van der Waals surface area contributed by atoms with E-state index in [9.17, 15) is 0 Å². The molecule has 1 heterocycles. The molecule has 1 aromatic heterocycles. The lowest BCUT2D eigenvalue weighted by Crippen LogP contribution is -1.77. The minimum atomic E-state index is 1.13. The first kappa shape index (κ1) is 7.81. The van der Waals surface area contributed by atoms with Crippen molar-refractivity contribution in [3.05, 3.63) is 34.0 Å². The highest BCUT2D eigenvalue weighted by atomic mass is 32.1. The Morgan fingerprint density at radius 1 is 1.33 bits per heavy atom. The third-order valence-electron chi connectivity index (χ3n) is 2.27. The third kappa shape index (κ3) is 1.14. The predicted molar refractivity (Wildman–Crippen MR) is 55.9 cm³/mol. The minimum Gasteiger partial charge on any atom is -0.148 e. The van der Waals surface area contributed by atoms with Crippen molar-refractivity contribution < 1.29 is 0 Å². The van der Waals surface area contributed by atoms with Gasteiger partial charge in [0.05, 0.1) is 0 Å². The molecular formula is C11H12S. The van der Waals surface area contributed by atoms with Gasteiger partial charge in [0.1, 0.15) is 0 Å². The number of aryl methyl sites for hydroxylation is 2. The molecule has 1 heteroatoms. The maximum absolute atomic E-state index is 2.29. The standard InChI is InChI=1S/C11H12S/c1-3-9-4-5-11-8(2)12-7-10(11)6-9/h4-7H,3H2,1-2H3. The van der Waals surface area contributed by atoms with Gasteiger partial charge in [-0.2, -0.15) is 0 Å². The maximum atomic E-state index is 2.29. The second kappa shape index (κ2) is 2.91. The summed E-state index contributed by atoms with van der Waals surface area (Å²) in [5.74, 6) is 0. The van der Waals surface area contributed by atoms with Crippen molar-refractivity contribution in [3.8, 4) is 0 Å². The SMILES string of the molecule is CCc1ccc2c(C)scc2c1. The molecule has 12 heavy (non-hydrogen) atoms. The van der Waals surface area contributed by atoms with Gasteiger partial charge in [-0.3, -0.25) is 0 Å². The quantitative estimate of drug-likeness (QED) is 0.620. The van der Waals surface area contributed by atoms with Crippen LogP contribution in [0.2, 0.25) is 0 Å². The van der Waals surface area contributed by atoms with Gasteiger partial charge in [-0.15, -0.1) is 11.3 Å². The van der Waals surface area contributed by atoms with Crippen molar-refractivity contribution in [2.24, 2.45) is 0 Å². The van der Waals surface area contributed by atoms with Gasteiger partial charge >= 0.3 is 0 Å². The van der Waals surface area contributed by atoms with E-state index in [2.05, 4.69) is 37.4 Å². The smallest absolute Gasteiger partial charge is 0.00927 e. The molecule has 2 aromatic rings. The van der Waals surface area contributed by atoms with Crippen LogP contribution in [0.1, 0.15) is 17.4 Å². The van der Waals surface area contributed by atoms with Crippen LogP contribution in [0.25, 0.3) is 10.8 Å². The van der Waals surface area contributed by atoms with Crippen LogP contribution in [0.15, 0.2) is 23.6 Å². The molecule has 0 radical (unpaired) electrons. The number of rotatable bonds is 1. The highest BCUT2D eigenvalue weighted by Crippen LogP contribution is 2.25. The third-order valence-corrected chi connectivity index (χ3v) is 3.21. The van der Waals surface area contributed by atoms with Gasteiger partial charge in [0, 0.05) is 4.88 Å². The number of thiophene rings is 1. The van der Waals surface area contributed by atoms with Crippen LogP contribution in [0.5, 0.6) is 0 Å². The first-order valence-corrected chi connectivity index (χ1v) is 5.16. The normalized spacial score (nSPS) is 10.8. The molecular weight excluding hydrogens is 164 g/mol. The summed E-state index contributed by atoms with van der Waals surface area (Å²) in [6, 6.07) is 6.75. The number of benzene rings is 1. The Hall–Kier alpha value is -0.820. The summed E-state index contributed by atoms with van der Waals surface area (Å²) in [7, 11) is 0. The van der Waals surface area contributed by atoms with Gasteiger partial charge in [-0.25, -0.2) is 0 Å². The Morgan fingerprint density at radius 3 is 2.92 bits per heavy atom. The molecule has 0 bridgehead atoms. The Balaban J connectivity index is 2.69. The number of hydrogen-bond acceptors (Lipinski definition) is 1. The molecule has 0 saturated carbocycles. The van der Waals surface area contributed by atoms with E-state index in [1.807, 2.05) is 11.3 Å². The molecule has 0 saturated heterocycles. The lowest BCUT2D eigenvalue weighted by molar-refractivity contribution is 1.15. The molecule has 0 nitrogen and oxygen atoms in total. The van der Waals surface area contributed by atoms with Crippen molar-refractivity contribution in [2.75, 3.05) is 0 Å². The van der Waals surface area contributed by atoms with E-state index in [1.165, 1.54) is 21.2 Å². The first-order chi connectivity index (χ1) is 5.81. The van der Waals surface area contributed by atoms with Crippen molar-refractivity contribution in [1.29, 1.82) is 0 Å². The summed E-state index contributed by atoms with van der Waals surface area (Å²) in [4.78, 5) is 1.42. The van der Waals surface area contributed by atoms with E-state index in [0.29, 0.717) is 0 Å². The Bertz CT molecular complexity index is 398. The van der Waals surface area contributed by atoms with Gasteiger partial charge in [-0.1, -0.05) is 25.1 Å². The van der Waals surface area contributed by atoms with Crippen LogP contribution >= 0.6 is 11.3 Å². The van der Waals surface area contributed by atoms with E-state index in [1.54, 1.807) is 0 Å². The fourth-order valence-corrected chi connectivity index (χ4v) is 2.28. The van der Waals surface area contributed by atoms with Crippen LogP contribution in [-0.2, 0) is 6.42 Å². The molecule has 0 aliphatic heterocycles. The van der Waals surface area contributed by atoms with Crippen LogP contribution in [0, 0.1) is 6.92 Å². The van der Waals surface area contributed by atoms with Crippen LogP contribution < -0.4 is 0 Å². The van der Waals surface area contributed by atoms with Crippen molar-refractivity contribution >= 4 is 22.1 Å². The van der Waals surface area contributed by atoms with Crippen molar-refractivity contribution in [1.82, 2.24) is 0 Å². The van der Waals surface area contributed by atoms with E-state index in [4.69, 9.17) is 0 Å². The van der Waals surface area contributed by atoms with Crippen LogP contribution in [-0.4, -0.2) is 0 Å². The molecule has 2 rings (SSSR count). The molecule has 0 N–H and O–H groups in total. The second-order valence-corrected chi connectivity index (χ2v) is 4.15. The summed E-state index contributed by atoms with van der Waals surface area (Å²) >= 11 is 1.84. The number of hydrogen-bond donors (Lipinski definition) is 0. The minimum absolute atomic E-state index is 1.13. The first-order valence-electron chi connectivity index (χ1n) is 4.28. The van der Waals surface area contributed by atoms with E-state index < -0.39 is 0 Å². The Labute approximate surface area is 76.8 Å². The number of fused-ring (bicyclic) bond motifs is 1. The monoisotopic (exact) mass is 176 g/mol. The van der Waals surface area contributed by atoms with Gasteiger partial charge < -0.3 is 0 Å². The molecule has 1 aromatic carbocycles. The highest BCUT2D eigenvalue weighted by molar-refractivity contribution is 7.11. The van der Waals surface area contributed by atoms with Crippen molar-refractivity contribution in [3.63, 3.8) is 0 Å². The summed E-state index contributed by atoms with van der Waals surface area (Å²) in [6.07, 6.45) is 1.13. The second-order valence-electron chi connectivity index (χ2n) is 3.07. The summed E-state index contributed by atoms with van der Waals surface area (Å²) < 4.78 is 0. The fourth-order valence-electron chi connectivity index (χ4n) is 1.47. The lowest BCUT2D eigenvalue weighted by atomic mass is 10.1. The van der Waals surface area contributed by atoms with Crippen LogP contribution in [0.4, 0.5) is 0 Å². The molecule has 0 aliphatic carbocycles. The average Bonchev–Trinajstić information content (AvgIpc) is 2.47. The lowest BCUT2D eigenvalue weighted by Gasteiger charge is -1.96. The molecule has 0 amide bonds. The van der Waals surface area contributed by atoms with Gasteiger partial charge in [0.2, 0.25) is 0 Å². The average molecular weight is 176 g/mol. The predicted octanol–water partition coefficient (Wildman–Crippen LogP) is 3.77. The largest absolute Gasteiger partial charge is 0.148 e. The Kier molecular flexibility index (Phi) is 1.89. The molecule has 0 atom stereocenters. The van der Waals surface area contributed by atoms with Crippen LogP contribution in [0.3, 0.4) is 0 Å². The zero-order valence-corrected chi connectivity index (χ0v) is 8.24. The van der Waals surface area contributed by atoms with E-state index in [-0.39, 0.29) is 0 Å². The molecule has 0 unspecified atom stereocenters. The molecule has 0 aliphatic rings. The van der Waals surface area contributed by atoms with Gasteiger partial charge in [-0.05, 0) is 35.1 Å². The molecule has 62 valence electrons. The van der Waals surface area contributed by atoms with Gasteiger partial charge in [0.25, 0.3) is 0 Å². The topological polar surface area (TPSA) is 0 Å². The van der Waals surface area contributed by atoms with E-state index >= 15 is 0 Å². The Morgan fingerprint density at radius 2 is 2.17 bits per heavy atom. The summed E-state index contributed by atoms with van der Waals surface area (Å²) in [5, 5.41) is 5.05. The van der Waals surface area contributed by atoms with Gasteiger partial charge in [0.15, 0.2) is 0 Å². The van der Waals surface area contributed by atoms with Crippen molar-refractivity contribution in [2.45, 2.75) is 20.3 Å². The zero-order valence-electron chi connectivity index (χ0n) is 7.42.